The molecule has 0 aromatic heterocycles. The van der Waals surface area contributed by atoms with Gasteiger partial charge < -0.3 is 10.1 Å². The van der Waals surface area contributed by atoms with E-state index in [0.717, 1.165) is 29.7 Å². The molecule has 2 amide bonds. The van der Waals surface area contributed by atoms with Gasteiger partial charge in [0.15, 0.2) is 0 Å². The molecule has 1 heterocycles. The standard InChI is InChI=1S/C23H34N2O3S/c1-15(2)13-28-22(26)20-14-29-21(18-8-6-5-7-9-18)25(20)23(27)24-19-11-10-16(3)12-17(19)4/h10-12,15,18,20-21H,5-9,13-14H2,1-4H3,(H,24,27). The molecule has 0 radical (unpaired) electrons. The molecule has 160 valence electrons. The number of esters is 1. The van der Waals surface area contributed by atoms with Crippen molar-refractivity contribution in [1.82, 2.24) is 4.90 Å². The first-order valence-electron chi connectivity index (χ1n) is 10.8. The van der Waals surface area contributed by atoms with E-state index in [1.807, 2.05) is 39.8 Å². The van der Waals surface area contributed by atoms with Crippen LogP contribution >= 0.6 is 11.8 Å². The largest absolute Gasteiger partial charge is 0.464 e. The van der Waals surface area contributed by atoms with Crippen molar-refractivity contribution in [3.05, 3.63) is 29.3 Å². The molecular weight excluding hydrogens is 384 g/mol. The lowest BCUT2D eigenvalue weighted by molar-refractivity contribution is -0.149. The van der Waals surface area contributed by atoms with Crippen molar-refractivity contribution in [3.63, 3.8) is 0 Å². The summed E-state index contributed by atoms with van der Waals surface area (Å²) >= 11 is 1.74. The van der Waals surface area contributed by atoms with Crippen LogP contribution < -0.4 is 5.32 Å². The van der Waals surface area contributed by atoms with Crippen molar-refractivity contribution in [2.45, 2.75) is 71.2 Å². The van der Waals surface area contributed by atoms with Crippen LogP contribution in [-0.2, 0) is 9.53 Å². The van der Waals surface area contributed by atoms with Gasteiger partial charge >= 0.3 is 12.0 Å². The summed E-state index contributed by atoms with van der Waals surface area (Å²) in [7, 11) is 0. The molecule has 2 aliphatic rings. The second-order valence-electron chi connectivity index (χ2n) is 8.82. The first kappa shape index (κ1) is 22.0. The van der Waals surface area contributed by atoms with E-state index in [2.05, 4.69) is 11.4 Å². The van der Waals surface area contributed by atoms with Gasteiger partial charge in [-0.05, 0) is 50.2 Å². The highest BCUT2D eigenvalue weighted by Crippen LogP contribution is 2.41. The second kappa shape index (κ2) is 9.88. The number of carbonyl (C=O) groups is 2. The Labute approximate surface area is 178 Å². The van der Waals surface area contributed by atoms with Crippen LogP contribution in [0.3, 0.4) is 0 Å². The van der Waals surface area contributed by atoms with Gasteiger partial charge in [0.2, 0.25) is 0 Å². The average Bonchev–Trinajstić information content (AvgIpc) is 3.14. The fourth-order valence-corrected chi connectivity index (χ4v) is 5.85. The number of hydrogen-bond acceptors (Lipinski definition) is 4. The van der Waals surface area contributed by atoms with E-state index in [9.17, 15) is 9.59 Å². The summed E-state index contributed by atoms with van der Waals surface area (Å²) in [5.41, 5.74) is 2.99. The van der Waals surface area contributed by atoms with Crippen molar-refractivity contribution in [1.29, 1.82) is 0 Å². The molecular formula is C23H34N2O3S. The van der Waals surface area contributed by atoms with Crippen LogP contribution in [0, 0.1) is 25.7 Å². The molecule has 1 saturated heterocycles. The van der Waals surface area contributed by atoms with Gasteiger partial charge in [0.25, 0.3) is 0 Å². The summed E-state index contributed by atoms with van der Waals surface area (Å²) in [4.78, 5) is 27.9. The predicted molar refractivity (Wildman–Crippen MR) is 119 cm³/mol. The number of amides is 2. The molecule has 2 fully saturated rings. The summed E-state index contributed by atoms with van der Waals surface area (Å²) < 4.78 is 5.52. The quantitative estimate of drug-likeness (QED) is 0.654. The lowest BCUT2D eigenvalue weighted by Crippen LogP contribution is -2.50. The molecule has 1 saturated carbocycles. The van der Waals surface area contributed by atoms with Crippen molar-refractivity contribution in [2.24, 2.45) is 11.8 Å². The number of rotatable bonds is 5. The van der Waals surface area contributed by atoms with Gasteiger partial charge in [-0.3, -0.25) is 4.90 Å². The van der Waals surface area contributed by atoms with Crippen molar-refractivity contribution in [3.8, 4) is 0 Å². The third-order valence-electron chi connectivity index (χ3n) is 5.78. The number of thioether (sulfide) groups is 1. The molecule has 3 rings (SSSR count). The first-order chi connectivity index (χ1) is 13.9. The molecule has 1 aliphatic carbocycles. The number of anilines is 1. The number of aryl methyl sites for hydroxylation is 2. The maximum absolute atomic E-state index is 13.4. The van der Waals surface area contributed by atoms with Crippen molar-refractivity contribution >= 4 is 29.4 Å². The summed E-state index contributed by atoms with van der Waals surface area (Å²) in [5.74, 6) is 1.06. The Hall–Kier alpha value is -1.69. The van der Waals surface area contributed by atoms with E-state index in [0.29, 0.717) is 18.3 Å². The molecule has 1 N–H and O–H groups in total. The minimum Gasteiger partial charge on any atom is -0.464 e. The molecule has 6 heteroatoms. The highest BCUT2D eigenvalue weighted by molar-refractivity contribution is 8.00. The maximum atomic E-state index is 13.4. The monoisotopic (exact) mass is 418 g/mol. The number of hydrogen-bond donors (Lipinski definition) is 1. The topological polar surface area (TPSA) is 58.6 Å². The first-order valence-corrected chi connectivity index (χ1v) is 11.9. The number of nitrogens with one attached hydrogen (secondary N) is 1. The van der Waals surface area contributed by atoms with E-state index < -0.39 is 6.04 Å². The SMILES string of the molecule is Cc1ccc(NC(=O)N2C(C(=O)OCC(C)C)CSC2C2CCCCC2)c(C)c1. The molecule has 1 aromatic rings. The van der Waals surface area contributed by atoms with Gasteiger partial charge in [-0.2, -0.15) is 0 Å². The summed E-state index contributed by atoms with van der Waals surface area (Å²) in [5, 5.41) is 3.10. The normalized spacial score (nSPS) is 22.7. The third kappa shape index (κ3) is 5.47. The highest BCUT2D eigenvalue weighted by Gasteiger charge is 2.45. The van der Waals surface area contributed by atoms with Crippen LogP contribution in [0.4, 0.5) is 10.5 Å². The van der Waals surface area contributed by atoms with E-state index in [1.165, 1.54) is 19.3 Å². The molecule has 5 nitrogen and oxygen atoms in total. The lowest BCUT2D eigenvalue weighted by atomic mass is 9.88. The minimum absolute atomic E-state index is 0.0395. The zero-order valence-corrected chi connectivity index (χ0v) is 18.9. The smallest absolute Gasteiger partial charge is 0.329 e. The Bertz CT molecular complexity index is 731. The number of ether oxygens (including phenoxy) is 1. The van der Waals surface area contributed by atoms with Crippen LogP contribution in [0.5, 0.6) is 0 Å². The zero-order chi connectivity index (χ0) is 21.0. The zero-order valence-electron chi connectivity index (χ0n) is 18.1. The van der Waals surface area contributed by atoms with Gasteiger partial charge in [-0.1, -0.05) is 50.8 Å². The van der Waals surface area contributed by atoms with Gasteiger partial charge in [0.05, 0.1) is 12.0 Å². The van der Waals surface area contributed by atoms with Crippen LogP contribution in [0.1, 0.15) is 57.1 Å². The van der Waals surface area contributed by atoms with Gasteiger partial charge in [-0.15, -0.1) is 11.8 Å². The third-order valence-corrected chi connectivity index (χ3v) is 7.24. The lowest BCUT2D eigenvalue weighted by Gasteiger charge is -2.35. The fraction of sp³-hybridized carbons (Fsp3) is 0.652. The second-order valence-corrected chi connectivity index (χ2v) is 9.97. The van der Waals surface area contributed by atoms with Crippen molar-refractivity contribution in [2.75, 3.05) is 17.7 Å². The van der Waals surface area contributed by atoms with E-state index >= 15 is 0 Å². The Morgan fingerprint density at radius 3 is 2.59 bits per heavy atom. The summed E-state index contributed by atoms with van der Waals surface area (Å²) in [6.07, 6.45) is 5.92. The molecule has 2 atom stereocenters. The molecule has 1 aromatic carbocycles. The number of benzene rings is 1. The van der Waals surface area contributed by atoms with Gasteiger partial charge in [0, 0.05) is 11.4 Å². The Kier molecular flexibility index (Phi) is 7.49. The summed E-state index contributed by atoms with van der Waals surface area (Å²) in [6, 6.07) is 5.28. The van der Waals surface area contributed by atoms with E-state index in [1.54, 1.807) is 16.7 Å². The van der Waals surface area contributed by atoms with Gasteiger partial charge in [-0.25, -0.2) is 9.59 Å². The van der Waals surface area contributed by atoms with Crippen molar-refractivity contribution < 1.29 is 14.3 Å². The van der Waals surface area contributed by atoms with Gasteiger partial charge in [0.1, 0.15) is 6.04 Å². The minimum atomic E-state index is -0.517. The van der Waals surface area contributed by atoms with Crippen LogP contribution in [-0.4, -0.2) is 40.7 Å². The van der Waals surface area contributed by atoms with E-state index in [4.69, 9.17) is 4.74 Å². The number of nitrogens with zero attached hydrogens (tertiary/aromatic N) is 1. The Balaban J connectivity index is 1.79. The molecule has 29 heavy (non-hydrogen) atoms. The van der Waals surface area contributed by atoms with Crippen LogP contribution in [0.25, 0.3) is 0 Å². The average molecular weight is 419 g/mol. The van der Waals surface area contributed by atoms with Crippen LogP contribution in [0.2, 0.25) is 0 Å². The Morgan fingerprint density at radius 2 is 1.93 bits per heavy atom. The predicted octanol–water partition coefficient (Wildman–Crippen LogP) is 5.36. The number of urea groups is 1. The number of carbonyl (C=O) groups excluding carboxylic acids is 2. The van der Waals surface area contributed by atoms with E-state index in [-0.39, 0.29) is 23.3 Å². The Morgan fingerprint density at radius 1 is 1.21 bits per heavy atom. The maximum Gasteiger partial charge on any atom is 0.329 e. The molecule has 1 aliphatic heterocycles. The summed E-state index contributed by atoms with van der Waals surface area (Å²) in [6.45, 7) is 8.46. The highest BCUT2D eigenvalue weighted by atomic mass is 32.2. The van der Waals surface area contributed by atoms with Crippen LogP contribution in [0.15, 0.2) is 18.2 Å². The molecule has 0 bridgehead atoms. The molecule has 0 spiro atoms. The fourth-order valence-electron chi connectivity index (χ4n) is 4.23. The molecule has 2 unspecified atom stereocenters.